The fourth-order valence-corrected chi connectivity index (χ4v) is 2.67. The van der Waals surface area contributed by atoms with E-state index in [-0.39, 0.29) is 12.1 Å². The maximum absolute atomic E-state index is 12.2. The number of carboxylic acids is 1. The molecule has 116 valence electrons. The van der Waals surface area contributed by atoms with E-state index in [1.54, 1.807) is 11.9 Å². The van der Waals surface area contributed by atoms with E-state index in [1.807, 2.05) is 20.8 Å². The highest BCUT2D eigenvalue weighted by Crippen LogP contribution is 2.27. The lowest BCUT2D eigenvalue weighted by Crippen LogP contribution is -2.54. The minimum Gasteiger partial charge on any atom is -0.480 e. The van der Waals surface area contributed by atoms with Crippen LogP contribution in [0.3, 0.4) is 0 Å². The minimum atomic E-state index is -0.989. The van der Waals surface area contributed by atoms with Gasteiger partial charge in [0.15, 0.2) is 0 Å². The van der Waals surface area contributed by atoms with E-state index in [4.69, 9.17) is 0 Å². The average Bonchev–Trinajstić information content (AvgIpc) is 2.33. The summed E-state index contributed by atoms with van der Waals surface area (Å²) < 4.78 is 0. The summed E-state index contributed by atoms with van der Waals surface area (Å²) in [4.78, 5) is 25.2. The first kappa shape index (κ1) is 16.8. The molecule has 0 bridgehead atoms. The normalized spacial score (nSPS) is 24.9. The molecule has 0 saturated heterocycles. The quantitative estimate of drug-likeness (QED) is 0.837. The Kier molecular flexibility index (Phi) is 5.42. The maximum atomic E-state index is 12.2. The van der Waals surface area contributed by atoms with Crippen LogP contribution in [0.15, 0.2) is 0 Å². The molecule has 0 aromatic heterocycles. The van der Waals surface area contributed by atoms with Gasteiger partial charge in [-0.05, 0) is 37.0 Å². The lowest BCUT2D eigenvalue weighted by molar-refractivity contribution is -0.142. The van der Waals surface area contributed by atoms with Gasteiger partial charge < -0.3 is 15.3 Å². The third-order valence-corrected chi connectivity index (χ3v) is 4.23. The Morgan fingerprint density at radius 3 is 2.10 bits per heavy atom. The van der Waals surface area contributed by atoms with E-state index in [0.29, 0.717) is 0 Å². The summed E-state index contributed by atoms with van der Waals surface area (Å²) in [7, 11) is 1.76. The van der Waals surface area contributed by atoms with Gasteiger partial charge in [0, 0.05) is 13.1 Å². The molecule has 1 saturated carbocycles. The third-order valence-electron chi connectivity index (χ3n) is 4.23. The van der Waals surface area contributed by atoms with Crippen LogP contribution in [0.4, 0.5) is 4.79 Å². The Hall–Kier alpha value is -1.26. The highest BCUT2D eigenvalue weighted by molar-refractivity contribution is 5.83. The number of carbonyl (C=O) groups is 2. The molecular weight excluding hydrogens is 256 g/mol. The van der Waals surface area contributed by atoms with Crippen molar-refractivity contribution in [1.29, 1.82) is 0 Å². The highest BCUT2D eigenvalue weighted by atomic mass is 16.4. The van der Waals surface area contributed by atoms with Gasteiger partial charge in [0.25, 0.3) is 0 Å². The first-order valence-corrected chi connectivity index (χ1v) is 7.39. The first-order valence-electron chi connectivity index (χ1n) is 7.39. The summed E-state index contributed by atoms with van der Waals surface area (Å²) >= 11 is 0. The summed E-state index contributed by atoms with van der Waals surface area (Å²) in [5, 5.41) is 11.9. The van der Waals surface area contributed by atoms with E-state index in [0.717, 1.165) is 31.6 Å². The maximum Gasteiger partial charge on any atom is 0.326 e. The van der Waals surface area contributed by atoms with Crippen LogP contribution in [0.2, 0.25) is 0 Å². The van der Waals surface area contributed by atoms with Crippen molar-refractivity contribution < 1.29 is 14.7 Å². The van der Waals surface area contributed by atoms with Crippen molar-refractivity contribution in [1.82, 2.24) is 10.2 Å². The van der Waals surface area contributed by atoms with Gasteiger partial charge in [-0.3, -0.25) is 0 Å². The zero-order valence-corrected chi connectivity index (χ0v) is 13.3. The van der Waals surface area contributed by atoms with Gasteiger partial charge in [-0.25, -0.2) is 9.59 Å². The number of amides is 2. The van der Waals surface area contributed by atoms with Crippen LogP contribution < -0.4 is 5.32 Å². The van der Waals surface area contributed by atoms with E-state index >= 15 is 0 Å². The standard InChI is InChI=1S/C15H28N2O3/c1-10-6-8-11(9-7-10)17(5)14(20)16-12(13(18)19)15(2,3)4/h10-12H,6-9H2,1-5H3,(H,16,20)(H,18,19). The summed E-state index contributed by atoms with van der Waals surface area (Å²) in [6.07, 6.45) is 4.25. The van der Waals surface area contributed by atoms with Crippen LogP contribution in [0.5, 0.6) is 0 Å². The average molecular weight is 284 g/mol. The molecule has 0 aromatic rings. The lowest BCUT2D eigenvalue weighted by atomic mass is 9.86. The van der Waals surface area contributed by atoms with Gasteiger partial charge >= 0.3 is 12.0 Å². The molecule has 20 heavy (non-hydrogen) atoms. The van der Waals surface area contributed by atoms with E-state index < -0.39 is 17.4 Å². The summed E-state index contributed by atoms with van der Waals surface area (Å²) in [6.45, 7) is 7.67. The third kappa shape index (κ3) is 4.39. The zero-order valence-electron chi connectivity index (χ0n) is 13.3. The molecule has 1 atom stereocenters. The topological polar surface area (TPSA) is 69.6 Å². The fourth-order valence-electron chi connectivity index (χ4n) is 2.67. The second kappa shape index (κ2) is 6.46. The number of nitrogens with one attached hydrogen (secondary N) is 1. The predicted molar refractivity (Wildman–Crippen MR) is 78.6 cm³/mol. The molecular formula is C15H28N2O3. The Bertz CT molecular complexity index is 355. The molecule has 1 fully saturated rings. The lowest BCUT2D eigenvalue weighted by Gasteiger charge is -2.36. The van der Waals surface area contributed by atoms with E-state index in [2.05, 4.69) is 12.2 Å². The molecule has 0 spiro atoms. The second-order valence-electron chi connectivity index (χ2n) is 7.11. The monoisotopic (exact) mass is 284 g/mol. The molecule has 1 unspecified atom stereocenters. The van der Waals surface area contributed by atoms with Gasteiger partial charge in [0.05, 0.1) is 0 Å². The number of hydrogen-bond donors (Lipinski definition) is 2. The van der Waals surface area contributed by atoms with Crippen molar-refractivity contribution in [3.63, 3.8) is 0 Å². The number of hydrogen-bond acceptors (Lipinski definition) is 2. The van der Waals surface area contributed by atoms with Gasteiger partial charge in [0.1, 0.15) is 6.04 Å². The smallest absolute Gasteiger partial charge is 0.326 e. The van der Waals surface area contributed by atoms with Crippen molar-refractivity contribution in [2.24, 2.45) is 11.3 Å². The molecule has 5 heteroatoms. The van der Waals surface area contributed by atoms with Crippen LogP contribution in [0.1, 0.15) is 53.4 Å². The van der Waals surface area contributed by atoms with Crippen molar-refractivity contribution in [3.8, 4) is 0 Å². The molecule has 0 aromatic carbocycles. The summed E-state index contributed by atoms with van der Waals surface area (Å²) in [6, 6.07) is -0.938. The van der Waals surface area contributed by atoms with E-state index in [9.17, 15) is 14.7 Å². The number of carbonyl (C=O) groups excluding carboxylic acids is 1. The molecule has 2 amide bonds. The van der Waals surface area contributed by atoms with Gasteiger partial charge in [-0.15, -0.1) is 0 Å². The summed E-state index contributed by atoms with van der Waals surface area (Å²) in [5.74, 6) is -0.263. The SMILES string of the molecule is CC1CCC(N(C)C(=O)NC(C(=O)O)C(C)(C)C)CC1. The molecule has 0 heterocycles. The Labute approximate surface area is 121 Å². The Morgan fingerprint density at radius 2 is 1.70 bits per heavy atom. The Morgan fingerprint density at radius 1 is 1.20 bits per heavy atom. The largest absolute Gasteiger partial charge is 0.480 e. The first-order chi connectivity index (χ1) is 9.12. The molecule has 1 aliphatic carbocycles. The highest BCUT2D eigenvalue weighted by Gasteiger charge is 2.34. The molecule has 1 aliphatic rings. The summed E-state index contributed by atoms with van der Waals surface area (Å²) in [5.41, 5.74) is -0.511. The number of carboxylic acid groups (broad SMARTS) is 1. The number of aliphatic carboxylic acids is 1. The van der Waals surface area contributed by atoms with Crippen LogP contribution in [0.25, 0.3) is 0 Å². The molecule has 1 rings (SSSR count). The van der Waals surface area contributed by atoms with Crippen LogP contribution in [-0.2, 0) is 4.79 Å². The molecule has 2 N–H and O–H groups in total. The molecule has 0 aliphatic heterocycles. The van der Waals surface area contributed by atoms with Crippen molar-refractivity contribution in [2.45, 2.75) is 65.5 Å². The molecule has 0 radical (unpaired) electrons. The van der Waals surface area contributed by atoms with Crippen LogP contribution in [0, 0.1) is 11.3 Å². The van der Waals surface area contributed by atoms with Crippen molar-refractivity contribution in [2.75, 3.05) is 7.05 Å². The van der Waals surface area contributed by atoms with Crippen LogP contribution in [-0.4, -0.2) is 41.1 Å². The minimum absolute atomic E-state index is 0.223. The van der Waals surface area contributed by atoms with Gasteiger partial charge in [0.2, 0.25) is 0 Å². The fraction of sp³-hybridized carbons (Fsp3) is 0.867. The number of rotatable bonds is 3. The second-order valence-corrected chi connectivity index (χ2v) is 7.11. The number of urea groups is 1. The van der Waals surface area contributed by atoms with Gasteiger partial charge in [-0.1, -0.05) is 27.7 Å². The number of nitrogens with zero attached hydrogens (tertiary/aromatic N) is 1. The zero-order chi connectivity index (χ0) is 15.5. The van der Waals surface area contributed by atoms with Gasteiger partial charge in [-0.2, -0.15) is 0 Å². The van der Waals surface area contributed by atoms with E-state index in [1.165, 1.54) is 0 Å². The Balaban J connectivity index is 2.62. The predicted octanol–water partition coefficient (Wildman–Crippen LogP) is 2.71. The molecule has 5 nitrogen and oxygen atoms in total. The van der Waals surface area contributed by atoms with Crippen molar-refractivity contribution >= 4 is 12.0 Å². The van der Waals surface area contributed by atoms with Crippen molar-refractivity contribution in [3.05, 3.63) is 0 Å². The van der Waals surface area contributed by atoms with Crippen LogP contribution >= 0.6 is 0 Å².